The minimum atomic E-state index is -0.941. The summed E-state index contributed by atoms with van der Waals surface area (Å²) < 4.78 is 22.6. The maximum absolute atomic E-state index is 13.6. The molecule has 4 heterocycles. The molecule has 3 aliphatic heterocycles. The Balaban J connectivity index is 1.79. The van der Waals surface area contributed by atoms with Gasteiger partial charge in [0.05, 0.1) is 25.3 Å². The summed E-state index contributed by atoms with van der Waals surface area (Å²) in [7, 11) is 4.73. The quantitative estimate of drug-likeness (QED) is 0.549. The van der Waals surface area contributed by atoms with Crippen LogP contribution in [0.3, 0.4) is 0 Å². The SMILES string of the molecule is CCOC(=O)/C1=C/N2C[C@@H]3C[C@@](C(=O)OC)(c4[nH]c5ccccc5c4C1)C2CC3(OC)OC. The monoisotopic (exact) mass is 454 g/mol. The molecule has 0 radical (unpaired) electrons. The molecule has 1 aromatic carbocycles. The van der Waals surface area contributed by atoms with Crippen molar-refractivity contribution >= 4 is 22.8 Å². The molecule has 4 bridgehead atoms. The van der Waals surface area contributed by atoms with Crippen molar-refractivity contribution in [2.45, 2.75) is 43.4 Å². The smallest absolute Gasteiger partial charge is 0.335 e. The summed E-state index contributed by atoms with van der Waals surface area (Å²) in [5.74, 6) is -1.55. The van der Waals surface area contributed by atoms with Crippen LogP contribution in [-0.4, -0.2) is 68.1 Å². The lowest BCUT2D eigenvalue weighted by Gasteiger charge is -2.61. The molecule has 33 heavy (non-hydrogen) atoms. The molecule has 1 aliphatic carbocycles. The Hall–Kier alpha value is -2.84. The number of ether oxygens (including phenoxy) is 4. The minimum Gasteiger partial charge on any atom is -0.468 e. The Morgan fingerprint density at radius 2 is 1.91 bits per heavy atom. The standard InChI is InChI=1S/C25H30N2O6/c1-5-33-22(28)15-10-18-17-8-6-7-9-19(17)26-21(18)24(23(29)30-2)11-16-14-27(13-15)20(24)12-25(16,31-3)32-4/h6-9,13,16,20,26H,5,10-12,14H2,1-4H3/b15-13+/t16-,20?,24-/m0/s1. The first-order valence-corrected chi connectivity index (χ1v) is 11.4. The number of nitrogens with one attached hydrogen (secondary N) is 1. The van der Waals surface area contributed by atoms with Gasteiger partial charge in [-0.25, -0.2) is 4.79 Å². The van der Waals surface area contributed by atoms with Crippen molar-refractivity contribution in [3.63, 3.8) is 0 Å². The normalized spacial score (nSPS) is 29.0. The number of carbonyl (C=O) groups excluding carboxylic acids is 2. The van der Waals surface area contributed by atoms with Gasteiger partial charge in [-0.1, -0.05) is 18.2 Å². The Bertz CT molecular complexity index is 1130. The van der Waals surface area contributed by atoms with E-state index in [1.807, 2.05) is 30.5 Å². The summed E-state index contributed by atoms with van der Waals surface area (Å²) in [5, 5.41) is 0.991. The third-order valence-corrected chi connectivity index (χ3v) is 7.80. The Morgan fingerprint density at radius 1 is 1.15 bits per heavy atom. The van der Waals surface area contributed by atoms with E-state index in [1.54, 1.807) is 21.1 Å². The molecular weight excluding hydrogens is 424 g/mol. The highest BCUT2D eigenvalue weighted by molar-refractivity contribution is 5.95. The Morgan fingerprint density at radius 3 is 2.58 bits per heavy atom. The summed E-state index contributed by atoms with van der Waals surface area (Å²) in [6.45, 7) is 2.70. The van der Waals surface area contributed by atoms with Gasteiger partial charge in [0.25, 0.3) is 0 Å². The van der Waals surface area contributed by atoms with E-state index < -0.39 is 11.2 Å². The third-order valence-electron chi connectivity index (χ3n) is 7.80. The molecule has 0 amide bonds. The first-order valence-electron chi connectivity index (χ1n) is 11.4. The average molecular weight is 455 g/mol. The van der Waals surface area contributed by atoms with Crippen LogP contribution in [0, 0.1) is 5.92 Å². The Kier molecular flexibility index (Phi) is 5.25. The van der Waals surface area contributed by atoms with Gasteiger partial charge in [0, 0.05) is 62.3 Å². The fourth-order valence-corrected chi connectivity index (χ4v) is 6.32. The van der Waals surface area contributed by atoms with Crippen LogP contribution in [0.5, 0.6) is 0 Å². The average Bonchev–Trinajstić information content (AvgIpc) is 3.21. The number of benzene rings is 1. The van der Waals surface area contributed by atoms with Crippen LogP contribution in [0.2, 0.25) is 0 Å². The first kappa shape index (κ1) is 22.0. The number of para-hydroxylation sites is 1. The summed E-state index contributed by atoms with van der Waals surface area (Å²) in [4.78, 5) is 32.2. The highest BCUT2D eigenvalue weighted by atomic mass is 16.7. The molecule has 176 valence electrons. The van der Waals surface area contributed by atoms with Crippen LogP contribution in [0.25, 0.3) is 10.9 Å². The van der Waals surface area contributed by atoms with E-state index in [1.165, 1.54) is 7.11 Å². The zero-order valence-electron chi connectivity index (χ0n) is 19.5. The molecule has 0 spiro atoms. The second kappa shape index (κ2) is 7.88. The van der Waals surface area contributed by atoms with E-state index >= 15 is 0 Å². The fraction of sp³-hybridized carbons (Fsp3) is 0.520. The van der Waals surface area contributed by atoms with E-state index in [-0.39, 0.29) is 23.9 Å². The molecule has 8 nitrogen and oxygen atoms in total. The van der Waals surface area contributed by atoms with Gasteiger partial charge in [-0.2, -0.15) is 0 Å². The molecule has 3 atom stereocenters. The molecule has 8 heteroatoms. The van der Waals surface area contributed by atoms with Gasteiger partial charge in [-0.05, 0) is 25.0 Å². The number of nitrogens with zero attached hydrogens (tertiary/aromatic N) is 1. The molecule has 2 aromatic rings. The van der Waals surface area contributed by atoms with Crippen LogP contribution in [0.4, 0.5) is 0 Å². The van der Waals surface area contributed by atoms with Gasteiger partial charge in [0.1, 0.15) is 5.41 Å². The predicted molar refractivity (Wildman–Crippen MR) is 120 cm³/mol. The predicted octanol–water partition coefficient (Wildman–Crippen LogP) is 2.67. The maximum Gasteiger partial charge on any atom is 0.335 e. The highest BCUT2D eigenvalue weighted by Gasteiger charge is 2.66. The number of hydrogen-bond acceptors (Lipinski definition) is 7. The molecule has 6 rings (SSSR count). The van der Waals surface area contributed by atoms with Crippen LogP contribution in [-0.2, 0) is 40.4 Å². The number of H-pyrrole nitrogens is 1. The van der Waals surface area contributed by atoms with E-state index in [0.29, 0.717) is 38.0 Å². The summed E-state index contributed by atoms with van der Waals surface area (Å²) in [6.07, 6.45) is 3.23. The van der Waals surface area contributed by atoms with Gasteiger partial charge in [-0.3, -0.25) is 4.79 Å². The molecule has 3 fully saturated rings. The van der Waals surface area contributed by atoms with Crippen molar-refractivity contribution in [1.82, 2.24) is 9.88 Å². The zero-order valence-corrected chi connectivity index (χ0v) is 19.5. The molecule has 1 unspecified atom stereocenters. The van der Waals surface area contributed by atoms with Crippen molar-refractivity contribution in [2.75, 3.05) is 34.5 Å². The van der Waals surface area contributed by atoms with Crippen LogP contribution in [0.15, 0.2) is 36.0 Å². The lowest BCUT2D eigenvalue weighted by atomic mass is 9.57. The molecule has 4 aliphatic rings. The molecule has 2 saturated heterocycles. The van der Waals surface area contributed by atoms with Crippen LogP contribution < -0.4 is 0 Å². The second-order valence-corrected chi connectivity index (χ2v) is 9.08. The van der Waals surface area contributed by atoms with E-state index in [4.69, 9.17) is 18.9 Å². The second-order valence-electron chi connectivity index (χ2n) is 9.08. The number of aromatic nitrogens is 1. The van der Waals surface area contributed by atoms with Gasteiger partial charge in [0.2, 0.25) is 0 Å². The van der Waals surface area contributed by atoms with Gasteiger partial charge in [-0.15, -0.1) is 0 Å². The molecule has 1 aromatic heterocycles. The highest BCUT2D eigenvalue weighted by Crippen LogP contribution is 2.56. The zero-order chi connectivity index (χ0) is 23.4. The third kappa shape index (κ3) is 2.97. The number of fused-ring (bicyclic) bond motifs is 4. The van der Waals surface area contributed by atoms with Crippen molar-refractivity contribution in [3.8, 4) is 0 Å². The topological polar surface area (TPSA) is 90.1 Å². The summed E-state index contributed by atoms with van der Waals surface area (Å²) >= 11 is 0. The molecule has 1 N–H and O–H groups in total. The first-order chi connectivity index (χ1) is 15.9. The van der Waals surface area contributed by atoms with Crippen molar-refractivity contribution in [2.24, 2.45) is 5.92 Å². The number of methoxy groups -OCH3 is 3. The molecule has 1 saturated carbocycles. The van der Waals surface area contributed by atoms with E-state index in [0.717, 1.165) is 22.2 Å². The summed E-state index contributed by atoms with van der Waals surface area (Å²) in [5.41, 5.74) is 2.29. The lowest BCUT2D eigenvalue weighted by molar-refractivity contribution is -0.292. The van der Waals surface area contributed by atoms with E-state index in [2.05, 4.69) is 9.88 Å². The van der Waals surface area contributed by atoms with E-state index in [9.17, 15) is 9.59 Å². The number of esters is 2. The van der Waals surface area contributed by atoms with Crippen molar-refractivity contribution < 1.29 is 28.5 Å². The number of carbonyl (C=O) groups is 2. The van der Waals surface area contributed by atoms with Gasteiger partial charge < -0.3 is 28.8 Å². The number of aromatic amines is 1. The Labute approximate surface area is 192 Å². The molecular formula is C25H30N2O6. The summed E-state index contributed by atoms with van der Waals surface area (Å²) in [6, 6.07) is 7.61. The minimum absolute atomic E-state index is 0.117. The van der Waals surface area contributed by atoms with Crippen molar-refractivity contribution in [3.05, 3.63) is 47.3 Å². The van der Waals surface area contributed by atoms with Gasteiger partial charge in [0.15, 0.2) is 5.79 Å². The van der Waals surface area contributed by atoms with Crippen LogP contribution >= 0.6 is 0 Å². The number of rotatable bonds is 5. The largest absolute Gasteiger partial charge is 0.468 e. The number of piperidine rings is 2. The number of hydrogen-bond donors (Lipinski definition) is 1. The van der Waals surface area contributed by atoms with Gasteiger partial charge >= 0.3 is 11.9 Å². The maximum atomic E-state index is 13.6. The lowest BCUT2D eigenvalue weighted by Crippen LogP contribution is -2.71. The fourth-order valence-electron chi connectivity index (χ4n) is 6.32. The van der Waals surface area contributed by atoms with Crippen LogP contribution in [0.1, 0.15) is 31.0 Å². The van der Waals surface area contributed by atoms with Crippen molar-refractivity contribution in [1.29, 1.82) is 0 Å².